The fourth-order valence-corrected chi connectivity index (χ4v) is 4.81. The fraction of sp³-hybridized carbons (Fsp3) is 0.737. The maximum Gasteiger partial charge on any atom is 0.334 e. The summed E-state index contributed by atoms with van der Waals surface area (Å²) in [7, 11) is 3.49. The van der Waals surface area contributed by atoms with Crippen molar-refractivity contribution in [3.8, 4) is 0 Å². The van der Waals surface area contributed by atoms with Gasteiger partial charge in [0.05, 0.1) is 19.8 Å². The molecule has 1 unspecified atom stereocenters. The van der Waals surface area contributed by atoms with Gasteiger partial charge in [0, 0.05) is 25.2 Å². The first-order chi connectivity index (χ1) is 11.1. The van der Waals surface area contributed by atoms with Crippen LogP contribution in [0.3, 0.4) is 0 Å². The van der Waals surface area contributed by atoms with Crippen LogP contribution in [-0.2, 0) is 19.0 Å². The Balaban J connectivity index is 2.01. The molecule has 0 N–H and O–H groups in total. The SMILES string of the molecule is CCOC(=O)C1=C2CC(COC)(COC)CC2=C2CCCC2C1. The number of carbonyl (C=O) groups is 1. The Morgan fingerprint density at radius 3 is 2.52 bits per heavy atom. The Hall–Kier alpha value is -1.13. The van der Waals surface area contributed by atoms with E-state index in [2.05, 4.69) is 0 Å². The van der Waals surface area contributed by atoms with E-state index in [1.54, 1.807) is 19.8 Å². The highest BCUT2D eigenvalue weighted by Crippen LogP contribution is 2.55. The van der Waals surface area contributed by atoms with Crippen LogP contribution in [0.4, 0.5) is 0 Å². The van der Waals surface area contributed by atoms with Gasteiger partial charge in [0.1, 0.15) is 0 Å². The molecule has 3 aliphatic rings. The predicted octanol–water partition coefficient (Wildman–Crippen LogP) is 3.42. The van der Waals surface area contributed by atoms with Gasteiger partial charge < -0.3 is 14.2 Å². The summed E-state index contributed by atoms with van der Waals surface area (Å²) in [4.78, 5) is 12.5. The number of carbonyl (C=O) groups excluding carboxylic acids is 1. The van der Waals surface area contributed by atoms with Gasteiger partial charge in [-0.3, -0.25) is 0 Å². The molecule has 0 saturated heterocycles. The molecule has 0 radical (unpaired) electrons. The number of hydrogen-bond donors (Lipinski definition) is 0. The molecule has 0 aromatic heterocycles. The Bertz CT molecular complexity index is 538. The lowest BCUT2D eigenvalue weighted by Crippen LogP contribution is -2.28. The van der Waals surface area contributed by atoms with Crippen molar-refractivity contribution in [3.05, 3.63) is 22.3 Å². The van der Waals surface area contributed by atoms with Crippen molar-refractivity contribution in [1.82, 2.24) is 0 Å². The van der Waals surface area contributed by atoms with Crippen LogP contribution in [0.5, 0.6) is 0 Å². The number of hydrogen-bond acceptors (Lipinski definition) is 4. The lowest BCUT2D eigenvalue weighted by molar-refractivity contribution is -0.138. The van der Waals surface area contributed by atoms with Gasteiger partial charge in [-0.05, 0) is 62.5 Å². The van der Waals surface area contributed by atoms with Crippen LogP contribution in [0.25, 0.3) is 0 Å². The zero-order chi connectivity index (χ0) is 16.4. The van der Waals surface area contributed by atoms with Crippen molar-refractivity contribution < 1.29 is 19.0 Å². The van der Waals surface area contributed by atoms with Crippen molar-refractivity contribution in [3.63, 3.8) is 0 Å². The van der Waals surface area contributed by atoms with E-state index < -0.39 is 0 Å². The smallest absolute Gasteiger partial charge is 0.334 e. The number of ether oxygens (including phenoxy) is 3. The maximum absolute atomic E-state index is 12.5. The highest BCUT2D eigenvalue weighted by Gasteiger charge is 2.46. The van der Waals surface area contributed by atoms with Crippen LogP contribution in [0.15, 0.2) is 22.3 Å². The molecule has 3 rings (SSSR count). The highest BCUT2D eigenvalue weighted by molar-refractivity contribution is 5.91. The summed E-state index contributed by atoms with van der Waals surface area (Å²) in [6.45, 7) is 3.65. The molecule has 0 heterocycles. The summed E-state index contributed by atoms with van der Waals surface area (Å²) < 4.78 is 16.3. The second-order valence-corrected chi connectivity index (χ2v) is 7.19. The summed E-state index contributed by atoms with van der Waals surface area (Å²) in [5, 5.41) is 0. The van der Waals surface area contributed by atoms with Crippen LogP contribution in [0, 0.1) is 11.3 Å². The van der Waals surface area contributed by atoms with E-state index >= 15 is 0 Å². The molecule has 0 aromatic rings. The molecule has 1 atom stereocenters. The third-order valence-electron chi connectivity index (χ3n) is 5.58. The summed E-state index contributed by atoms with van der Waals surface area (Å²) >= 11 is 0. The minimum Gasteiger partial charge on any atom is -0.463 e. The van der Waals surface area contributed by atoms with Crippen molar-refractivity contribution in [1.29, 1.82) is 0 Å². The molecule has 3 aliphatic carbocycles. The number of methoxy groups -OCH3 is 2. The Morgan fingerprint density at radius 2 is 1.87 bits per heavy atom. The average molecular weight is 320 g/mol. The minimum absolute atomic E-state index is 0.0314. The minimum atomic E-state index is -0.114. The molecular weight excluding hydrogens is 292 g/mol. The third kappa shape index (κ3) is 2.99. The Labute approximate surface area is 138 Å². The lowest BCUT2D eigenvalue weighted by atomic mass is 9.81. The summed E-state index contributed by atoms with van der Waals surface area (Å²) in [5.41, 5.74) is 5.16. The number of allylic oxidation sites excluding steroid dienone is 3. The van der Waals surface area contributed by atoms with E-state index in [4.69, 9.17) is 14.2 Å². The van der Waals surface area contributed by atoms with E-state index in [9.17, 15) is 4.79 Å². The molecule has 23 heavy (non-hydrogen) atoms. The second kappa shape index (κ2) is 6.78. The van der Waals surface area contributed by atoms with Gasteiger partial charge in [0.25, 0.3) is 0 Å². The molecule has 4 nitrogen and oxygen atoms in total. The van der Waals surface area contributed by atoms with E-state index in [-0.39, 0.29) is 11.4 Å². The summed E-state index contributed by atoms with van der Waals surface area (Å²) in [5.74, 6) is 0.436. The maximum atomic E-state index is 12.5. The van der Waals surface area contributed by atoms with Crippen molar-refractivity contribution in [2.45, 2.75) is 45.4 Å². The van der Waals surface area contributed by atoms with Gasteiger partial charge in [-0.15, -0.1) is 0 Å². The predicted molar refractivity (Wildman–Crippen MR) is 88.1 cm³/mol. The molecule has 2 fully saturated rings. The van der Waals surface area contributed by atoms with E-state index in [1.165, 1.54) is 30.4 Å². The van der Waals surface area contributed by atoms with E-state index in [0.29, 0.717) is 25.7 Å². The molecular formula is C19H28O4. The zero-order valence-electron chi connectivity index (χ0n) is 14.6. The largest absolute Gasteiger partial charge is 0.463 e. The van der Waals surface area contributed by atoms with Crippen LogP contribution < -0.4 is 0 Å². The molecule has 0 aromatic carbocycles. The topological polar surface area (TPSA) is 44.8 Å². The van der Waals surface area contributed by atoms with Gasteiger partial charge in [0.2, 0.25) is 0 Å². The van der Waals surface area contributed by atoms with Gasteiger partial charge in [0.15, 0.2) is 0 Å². The summed E-state index contributed by atoms with van der Waals surface area (Å²) in [6.07, 6.45) is 6.34. The molecule has 0 bridgehead atoms. The van der Waals surface area contributed by atoms with Gasteiger partial charge in [-0.25, -0.2) is 4.79 Å². The first-order valence-corrected chi connectivity index (χ1v) is 8.73. The average Bonchev–Trinajstić information content (AvgIpc) is 3.11. The van der Waals surface area contributed by atoms with Crippen LogP contribution in [-0.4, -0.2) is 40.0 Å². The van der Waals surface area contributed by atoms with Crippen LogP contribution >= 0.6 is 0 Å². The number of fused-ring (bicyclic) bond motifs is 2. The van der Waals surface area contributed by atoms with Crippen molar-refractivity contribution in [2.24, 2.45) is 11.3 Å². The van der Waals surface area contributed by atoms with Crippen LogP contribution in [0.1, 0.15) is 45.4 Å². The first-order valence-electron chi connectivity index (χ1n) is 8.73. The fourth-order valence-electron chi connectivity index (χ4n) is 4.81. The van der Waals surface area contributed by atoms with Gasteiger partial charge in [-0.2, -0.15) is 0 Å². The van der Waals surface area contributed by atoms with Gasteiger partial charge >= 0.3 is 5.97 Å². The first kappa shape index (κ1) is 16.7. The molecule has 0 amide bonds. The van der Waals surface area contributed by atoms with Crippen molar-refractivity contribution >= 4 is 5.97 Å². The quantitative estimate of drug-likeness (QED) is 0.704. The molecule has 2 saturated carbocycles. The molecule has 4 heteroatoms. The molecule has 0 spiro atoms. The number of rotatable bonds is 6. The van der Waals surface area contributed by atoms with Gasteiger partial charge in [-0.1, -0.05) is 5.57 Å². The third-order valence-corrected chi connectivity index (χ3v) is 5.58. The molecule has 0 aliphatic heterocycles. The summed E-state index contributed by atoms with van der Waals surface area (Å²) in [6, 6.07) is 0. The van der Waals surface area contributed by atoms with Crippen molar-refractivity contribution in [2.75, 3.05) is 34.0 Å². The normalized spacial score (nSPS) is 25.6. The second-order valence-electron chi connectivity index (χ2n) is 7.19. The highest BCUT2D eigenvalue weighted by atomic mass is 16.5. The standard InChI is InChI=1S/C19H28O4/c1-4-23-18(20)15-8-13-6-5-7-14(13)16-9-19(11-21-2,12-22-3)10-17(15)16/h13H,4-12H2,1-3H3. The monoisotopic (exact) mass is 320 g/mol. The van der Waals surface area contributed by atoms with E-state index in [0.717, 1.165) is 24.8 Å². The van der Waals surface area contributed by atoms with E-state index in [1.807, 2.05) is 6.92 Å². The van der Waals surface area contributed by atoms with Crippen LogP contribution in [0.2, 0.25) is 0 Å². The lowest BCUT2D eigenvalue weighted by Gasteiger charge is -2.26. The Kier molecular flexibility index (Phi) is 4.93. The Morgan fingerprint density at radius 1 is 1.17 bits per heavy atom. The number of esters is 1. The zero-order valence-corrected chi connectivity index (χ0v) is 14.6. The molecule has 128 valence electrons.